The Morgan fingerprint density at radius 2 is 1.76 bits per heavy atom. The minimum atomic E-state index is -3.67. The van der Waals surface area contributed by atoms with E-state index < -0.39 is 10.0 Å². The number of sulfonamides is 1. The molecule has 0 atom stereocenters. The number of rotatable bonds is 3. The van der Waals surface area contributed by atoms with Crippen LogP contribution in [0.25, 0.3) is 10.9 Å². The van der Waals surface area contributed by atoms with E-state index in [9.17, 15) is 8.42 Å². The van der Waals surface area contributed by atoms with Crippen molar-refractivity contribution in [3.63, 3.8) is 0 Å². The average Bonchev–Trinajstić information content (AvgIpc) is 2.46. The van der Waals surface area contributed by atoms with Gasteiger partial charge in [0.2, 0.25) is 0 Å². The van der Waals surface area contributed by atoms with Crippen LogP contribution in [0.1, 0.15) is 0 Å². The molecule has 0 saturated carbocycles. The highest BCUT2D eigenvalue weighted by Crippen LogP contribution is 2.23. The van der Waals surface area contributed by atoms with Gasteiger partial charge in [0.05, 0.1) is 5.52 Å². The van der Waals surface area contributed by atoms with Gasteiger partial charge in [0, 0.05) is 20.8 Å². The van der Waals surface area contributed by atoms with E-state index in [0.717, 1.165) is 8.96 Å². The van der Waals surface area contributed by atoms with E-state index in [1.165, 1.54) is 0 Å². The normalized spacial score (nSPS) is 11.5. The summed E-state index contributed by atoms with van der Waals surface area (Å²) < 4.78 is 28.7. The van der Waals surface area contributed by atoms with E-state index in [1.807, 2.05) is 18.2 Å². The van der Waals surface area contributed by atoms with Crippen molar-refractivity contribution in [2.24, 2.45) is 0 Å². The summed E-state index contributed by atoms with van der Waals surface area (Å²) in [5, 5.41) is 0.794. The molecule has 0 saturated heterocycles. The Morgan fingerprint density at radius 3 is 2.57 bits per heavy atom. The van der Waals surface area contributed by atoms with Gasteiger partial charge in [-0.3, -0.25) is 9.71 Å². The zero-order valence-electron chi connectivity index (χ0n) is 10.8. The molecule has 1 aromatic heterocycles. The number of pyridine rings is 1. The van der Waals surface area contributed by atoms with Gasteiger partial charge >= 0.3 is 0 Å². The fraction of sp³-hybridized carbons (Fsp3) is 0. The summed E-state index contributed by atoms with van der Waals surface area (Å²) in [4.78, 5) is 4.37. The lowest BCUT2D eigenvalue weighted by atomic mass is 10.2. The number of hydrogen-bond donors (Lipinski definition) is 1. The topological polar surface area (TPSA) is 59.1 Å². The van der Waals surface area contributed by atoms with Gasteiger partial charge in [-0.05, 0) is 52.9 Å². The van der Waals surface area contributed by atoms with Crippen LogP contribution in [-0.4, -0.2) is 13.4 Å². The van der Waals surface area contributed by atoms with Gasteiger partial charge in [0.25, 0.3) is 10.0 Å². The third-order valence-corrected chi connectivity index (χ3v) is 5.05. The Hall–Kier alpha value is -1.67. The highest BCUT2D eigenvalue weighted by Gasteiger charge is 2.18. The molecule has 0 aliphatic heterocycles. The summed E-state index contributed by atoms with van der Waals surface area (Å²) in [6.45, 7) is 0. The van der Waals surface area contributed by atoms with Crippen molar-refractivity contribution >= 4 is 49.2 Å². The molecule has 0 unspecified atom stereocenters. The summed E-state index contributed by atoms with van der Waals surface area (Å²) in [5.41, 5.74) is 1.01. The molecule has 21 heavy (non-hydrogen) atoms. The third kappa shape index (κ3) is 3.01. The quantitative estimate of drug-likeness (QED) is 0.671. The number of hydrogen-bond acceptors (Lipinski definition) is 3. The molecule has 1 heterocycles. The zero-order valence-corrected chi connectivity index (χ0v) is 13.8. The first-order valence-electron chi connectivity index (χ1n) is 6.18. The smallest absolute Gasteiger partial charge is 0.264 e. The lowest BCUT2D eigenvalue weighted by Crippen LogP contribution is -2.13. The van der Waals surface area contributed by atoms with Crippen molar-refractivity contribution in [3.8, 4) is 0 Å². The van der Waals surface area contributed by atoms with Gasteiger partial charge < -0.3 is 0 Å². The van der Waals surface area contributed by atoms with Crippen LogP contribution in [0, 0.1) is 3.57 Å². The van der Waals surface area contributed by atoms with E-state index in [1.54, 1.807) is 42.6 Å². The fourth-order valence-electron chi connectivity index (χ4n) is 2.06. The van der Waals surface area contributed by atoms with Crippen LogP contribution in [0.2, 0.25) is 0 Å². The molecule has 0 radical (unpaired) electrons. The van der Waals surface area contributed by atoms with Gasteiger partial charge in [-0.2, -0.15) is 0 Å². The van der Waals surface area contributed by atoms with Crippen LogP contribution in [0.15, 0.2) is 65.7 Å². The molecule has 4 nitrogen and oxygen atoms in total. The molecule has 0 aliphatic rings. The molecule has 2 aromatic carbocycles. The second kappa shape index (κ2) is 5.61. The van der Waals surface area contributed by atoms with Crippen LogP contribution >= 0.6 is 22.6 Å². The summed E-state index contributed by atoms with van der Waals surface area (Å²) >= 11 is 2.14. The molecular weight excluding hydrogens is 399 g/mol. The van der Waals surface area contributed by atoms with Crippen LogP contribution in [0.4, 0.5) is 5.69 Å². The lowest BCUT2D eigenvalue weighted by Gasteiger charge is -2.10. The predicted octanol–water partition coefficient (Wildman–Crippen LogP) is 3.64. The third-order valence-electron chi connectivity index (χ3n) is 2.96. The van der Waals surface area contributed by atoms with Crippen molar-refractivity contribution in [2.75, 3.05) is 4.72 Å². The number of aromatic nitrogens is 1. The number of halogens is 1. The number of fused-ring (bicyclic) bond motifs is 1. The highest BCUT2D eigenvalue weighted by molar-refractivity contribution is 14.1. The summed E-state index contributed by atoms with van der Waals surface area (Å²) in [6.07, 6.45) is 1.59. The van der Waals surface area contributed by atoms with Crippen LogP contribution in [0.3, 0.4) is 0 Å². The monoisotopic (exact) mass is 410 g/mol. The second-order valence-electron chi connectivity index (χ2n) is 4.45. The molecule has 1 N–H and O–H groups in total. The molecule has 3 aromatic rings. The Labute approximate surface area is 136 Å². The van der Waals surface area contributed by atoms with Crippen molar-refractivity contribution in [3.05, 3.63) is 64.4 Å². The van der Waals surface area contributed by atoms with E-state index in [4.69, 9.17) is 0 Å². The molecule has 0 spiro atoms. The first-order chi connectivity index (χ1) is 10.1. The van der Waals surface area contributed by atoms with Crippen molar-refractivity contribution in [2.45, 2.75) is 4.90 Å². The summed E-state index contributed by atoms with van der Waals surface area (Å²) in [6, 6.07) is 15.9. The number of anilines is 1. The molecular formula is C15H11IN2O2S. The SMILES string of the molecule is O=S(=O)(Nc1cccc(I)c1)c1cccc2cccnc12. The van der Waals surface area contributed by atoms with E-state index in [2.05, 4.69) is 32.3 Å². The first-order valence-corrected chi connectivity index (χ1v) is 8.75. The van der Waals surface area contributed by atoms with Crippen LogP contribution in [-0.2, 0) is 10.0 Å². The standard InChI is InChI=1S/C15H11IN2O2S/c16-12-6-2-7-13(10-12)18-21(19,20)14-8-1-4-11-5-3-9-17-15(11)14/h1-10,18H. The van der Waals surface area contributed by atoms with Crippen molar-refractivity contribution in [1.29, 1.82) is 0 Å². The minimum Gasteiger partial charge on any atom is -0.280 e. The second-order valence-corrected chi connectivity index (χ2v) is 7.34. The Kier molecular flexibility index (Phi) is 3.81. The van der Waals surface area contributed by atoms with Crippen LogP contribution in [0.5, 0.6) is 0 Å². The van der Waals surface area contributed by atoms with Gasteiger partial charge in [-0.15, -0.1) is 0 Å². The summed E-state index contributed by atoms with van der Waals surface area (Å²) in [7, 11) is -3.67. The molecule has 0 aliphatic carbocycles. The van der Waals surface area contributed by atoms with Crippen molar-refractivity contribution < 1.29 is 8.42 Å². The average molecular weight is 410 g/mol. The van der Waals surface area contributed by atoms with E-state index >= 15 is 0 Å². The molecule has 0 amide bonds. The number of nitrogens with zero attached hydrogens (tertiary/aromatic N) is 1. The maximum absolute atomic E-state index is 12.6. The lowest BCUT2D eigenvalue weighted by molar-refractivity contribution is 0.602. The molecule has 3 rings (SSSR count). The fourth-order valence-corrected chi connectivity index (χ4v) is 3.83. The largest absolute Gasteiger partial charge is 0.280 e. The van der Waals surface area contributed by atoms with Gasteiger partial charge in [-0.1, -0.05) is 24.3 Å². The summed E-state index contributed by atoms with van der Waals surface area (Å²) in [5.74, 6) is 0. The molecule has 0 bridgehead atoms. The maximum atomic E-state index is 12.6. The molecule has 0 fully saturated rings. The number of nitrogens with one attached hydrogen (secondary N) is 1. The highest BCUT2D eigenvalue weighted by atomic mass is 127. The van der Waals surface area contributed by atoms with E-state index in [0.29, 0.717) is 11.2 Å². The minimum absolute atomic E-state index is 0.180. The number of para-hydroxylation sites is 1. The Balaban J connectivity index is 2.09. The van der Waals surface area contributed by atoms with Crippen molar-refractivity contribution in [1.82, 2.24) is 4.98 Å². The number of benzene rings is 2. The Bertz CT molecular complexity index is 905. The van der Waals surface area contributed by atoms with Gasteiger partial charge in [0.1, 0.15) is 4.90 Å². The zero-order chi connectivity index (χ0) is 14.9. The Morgan fingerprint density at radius 1 is 1.00 bits per heavy atom. The van der Waals surface area contributed by atoms with E-state index in [-0.39, 0.29) is 4.90 Å². The predicted molar refractivity (Wildman–Crippen MR) is 91.7 cm³/mol. The van der Waals surface area contributed by atoms with Crippen LogP contribution < -0.4 is 4.72 Å². The maximum Gasteiger partial charge on any atom is 0.264 e. The molecule has 6 heteroatoms. The first kappa shape index (κ1) is 14.3. The van der Waals surface area contributed by atoms with Gasteiger partial charge in [-0.25, -0.2) is 8.42 Å². The molecule has 106 valence electrons. The van der Waals surface area contributed by atoms with Gasteiger partial charge in [0.15, 0.2) is 0 Å².